The Bertz CT molecular complexity index is 510. The summed E-state index contributed by atoms with van der Waals surface area (Å²) >= 11 is 5.78. The molecule has 0 fully saturated rings. The smallest absolute Gasteiger partial charge is 0.374 e. The van der Waals surface area contributed by atoms with Crippen LogP contribution >= 0.6 is 11.6 Å². The third-order valence-electron chi connectivity index (χ3n) is 1.79. The van der Waals surface area contributed by atoms with Gasteiger partial charge in [-0.3, -0.25) is 0 Å². The zero-order valence-electron chi connectivity index (χ0n) is 7.46. The van der Waals surface area contributed by atoms with E-state index in [-0.39, 0.29) is 5.82 Å². The minimum absolute atomic E-state index is 0.141. The van der Waals surface area contributed by atoms with Crippen LogP contribution in [-0.2, 0) is 0 Å². The zero-order chi connectivity index (χ0) is 10.8. The van der Waals surface area contributed by atoms with Crippen LogP contribution in [0.2, 0.25) is 5.02 Å². The van der Waals surface area contributed by atoms with Gasteiger partial charge in [0.15, 0.2) is 0 Å². The standard InChI is InChI=1S/C9H6ClN3O2/c10-6-2-1-3-7(4-6)13-8(9(14)15)11-5-12-13/h1-5H,(H,14,15). The highest BCUT2D eigenvalue weighted by Crippen LogP contribution is 2.14. The molecule has 1 N–H and O–H groups in total. The second-order valence-corrected chi connectivity index (χ2v) is 3.22. The summed E-state index contributed by atoms with van der Waals surface area (Å²) in [6.07, 6.45) is 1.18. The maximum absolute atomic E-state index is 10.8. The van der Waals surface area contributed by atoms with Crippen molar-refractivity contribution in [1.82, 2.24) is 14.8 Å². The van der Waals surface area contributed by atoms with E-state index in [1.165, 1.54) is 11.0 Å². The van der Waals surface area contributed by atoms with Crippen molar-refractivity contribution in [2.45, 2.75) is 0 Å². The van der Waals surface area contributed by atoms with Crippen molar-refractivity contribution in [2.75, 3.05) is 0 Å². The Morgan fingerprint density at radius 2 is 2.27 bits per heavy atom. The lowest BCUT2D eigenvalue weighted by Gasteiger charge is -2.02. The summed E-state index contributed by atoms with van der Waals surface area (Å²) in [6.45, 7) is 0. The molecule has 1 aromatic heterocycles. The summed E-state index contributed by atoms with van der Waals surface area (Å²) < 4.78 is 1.22. The van der Waals surface area contributed by atoms with Gasteiger partial charge in [0, 0.05) is 5.02 Å². The first kappa shape index (κ1) is 9.67. The molecule has 2 aromatic rings. The number of hydrogen-bond acceptors (Lipinski definition) is 3. The predicted molar refractivity (Wildman–Crippen MR) is 53.3 cm³/mol. The Hall–Kier alpha value is -1.88. The molecule has 6 heteroatoms. The molecule has 0 aliphatic heterocycles. The average molecular weight is 224 g/mol. The fourth-order valence-electron chi connectivity index (χ4n) is 1.18. The van der Waals surface area contributed by atoms with Gasteiger partial charge in [0.1, 0.15) is 6.33 Å². The molecule has 0 atom stereocenters. The molecule has 1 aromatic carbocycles. The van der Waals surface area contributed by atoms with Crippen LogP contribution in [0.1, 0.15) is 10.6 Å². The molecule has 0 spiro atoms. The fraction of sp³-hybridized carbons (Fsp3) is 0. The van der Waals surface area contributed by atoms with E-state index in [0.717, 1.165) is 0 Å². The minimum Gasteiger partial charge on any atom is -0.475 e. The maximum Gasteiger partial charge on any atom is 0.374 e. The number of nitrogens with zero attached hydrogens (tertiary/aromatic N) is 3. The van der Waals surface area contributed by atoms with Gasteiger partial charge in [-0.25, -0.2) is 14.5 Å². The fourth-order valence-corrected chi connectivity index (χ4v) is 1.37. The van der Waals surface area contributed by atoms with Crippen molar-refractivity contribution in [3.05, 3.63) is 41.4 Å². The Kier molecular flexibility index (Phi) is 2.39. The highest BCUT2D eigenvalue weighted by Gasteiger charge is 2.13. The number of halogens is 1. The topological polar surface area (TPSA) is 68.0 Å². The third kappa shape index (κ3) is 1.82. The van der Waals surface area contributed by atoms with Crippen LogP contribution in [0.5, 0.6) is 0 Å². The number of carboxylic acid groups (broad SMARTS) is 1. The second-order valence-electron chi connectivity index (χ2n) is 2.78. The molecule has 0 amide bonds. The minimum atomic E-state index is -1.13. The van der Waals surface area contributed by atoms with Crippen molar-refractivity contribution >= 4 is 17.6 Å². The SMILES string of the molecule is O=C(O)c1ncnn1-c1cccc(Cl)c1. The van der Waals surface area contributed by atoms with E-state index in [2.05, 4.69) is 10.1 Å². The molecule has 0 aliphatic carbocycles. The number of aromatic carboxylic acids is 1. The highest BCUT2D eigenvalue weighted by atomic mass is 35.5. The molecular formula is C9H6ClN3O2. The van der Waals surface area contributed by atoms with Crippen LogP contribution in [0.25, 0.3) is 5.69 Å². The molecule has 0 unspecified atom stereocenters. The first-order valence-electron chi connectivity index (χ1n) is 4.08. The number of aromatic nitrogens is 3. The van der Waals surface area contributed by atoms with Crippen LogP contribution in [0.4, 0.5) is 0 Å². The van der Waals surface area contributed by atoms with Gasteiger partial charge in [-0.1, -0.05) is 17.7 Å². The molecule has 0 saturated carbocycles. The van der Waals surface area contributed by atoms with Crippen LogP contribution in [0.15, 0.2) is 30.6 Å². The van der Waals surface area contributed by atoms with E-state index < -0.39 is 5.97 Å². The summed E-state index contributed by atoms with van der Waals surface area (Å²) in [5.74, 6) is -1.27. The van der Waals surface area contributed by atoms with E-state index >= 15 is 0 Å². The number of benzene rings is 1. The monoisotopic (exact) mass is 223 g/mol. The van der Waals surface area contributed by atoms with E-state index in [0.29, 0.717) is 10.7 Å². The van der Waals surface area contributed by atoms with Gasteiger partial charge < -0.3 is 5.11 Å². The Morgan fingerprint density at radius 1 is 1.47 bits per heavy atom. The lowest BCUT2D eigenvalue weighted by Crippen LogP contribution is -2.09. The van der Waals surface area contributed by atoms with E-state index in [9.17, 15) is 4.79 Å². The van der Waals surface area contributed by atoms with Gasteiger partial charge in [0.05, 0.1) is 5.69 Å². The third-order valence-corrected chi connectivity index (χ3v) is 2.03. The lowest BCUT2D eigenvalue weighted by molar-refractivity contribution is 0.0680. The van der Waals surface area contributed by atoms with Crippen LogP contribution in [0.3, 0.4) is 0 Å². The molecule has 2 rings (SSSR count). The zero-order valence-corrected chi connectivity index (χ0v) is 8.22. The van der Waals surface area contributed by atoms with Gasteiger partial charge in [-0.2, -0.15) is 5.10 Å². The predicted octanol–water partition coefficient (Wildman–Crippen LogP) is 1.62. The Balaban J connectivity index is 2.54. The normalized spacial score (nSPS) is 10.2. The van der Waals surface area contributed by atoms with Gasteiger partial charge in [-0.05, 0) is 18.2 Å². The average Bonchev–Trinajstić information content (AvgIpc) is 2.65. The van der Waals surface area contributed by atoms with Gasteiger partial charge >= 0.3 is 5.97 Å². The van der Waals surface area contributed by atoms with E-state index in [4.69, 9.17) is 16.7 Å². The number of carbonyl (C=O) groups is 1. The summed E-state index contributed by atoms with van der Waals surface area (Å²) in [7, 11) is 0. The summed E-state index contributed by atoms with van der Waals surface area (Å²) in [4.78, 5) is 14.4. The van der Waals surface area contributed by atoms with Crippen molar-refractivity contribution < 1.29 is 9.90 Å². The lowest BCUT2D eigenvalue weighted by atomic mass is 10.3. The van der Waals surface area contributed by atoms with Gasteiger partial charge in [-0.15, -0.1) is 0 Å². The molecule has 76 valence electrons. The molecule has 5 nitrogen and oxygen atoms in total. The first-order valence-corrected chi connectivity index (χ1v) is 4.45. The number of hydrogen-bond donors (Lipinski definition) is 1. The molecule has 0 saturated heterocycles. The Morgan fingerprint density at radius 3 is 2.93 bits per heavy atom. The largest absolute Gasteiger partial charge is 0.475 e. The second kappa shape index (κ2) is 3.70. The van der Waals surface area contributed by atoms with E-state index in [1.54, 1.807) is 24.3 Å². The molecule has 1 heterocycles. The number of carboxylic acids is 1. The van der Waals surface area contributed by atoms with Crippen molar-refractivity contribution in [3.8, 4) is 5.69 Å². The summed E-state index contributed by atoms with van der Waals surface area (Å²) in [5, 5.41) is 13.2. The van der Waals surface area contributed by atoms with Gasteiger partial charge in [0.2, 0.25) is 5.82 Å². The molecule has 0 aliphatic rings. The van der Waals surface area contributed by atoms with Gasteiger partial charge in [0.25, 0.3) is 0 Å². The van der Waals surface area contributed by atoms with Crippen molar-refractivity contribution in [3.63, 3.8) is 0 Å². The molecule has 0 bridgehead atoms. The first-order chi connectivity index (χ1) is 7.18. The van der Waals surface area contributed by atoms with Crippen molar-refractivity contribution in [2.24, 2.45) is 0 Å². The number of rotatable bonds is 2. The van der Waals surface area contributed by atoms with Crippen LogP contribution in [0, 0.1) is 0 Å². The molecular weight excluding hydrogens is 218 g/mol. The highest BCUT2D eigenvalue weighted by molar-refractivity contribution is 6.30. The Labute approximate surface area is 89.9 Å². The van der Waals surface area contributed by atoms with E-state index in [1.807, 2.05) is 0 Å². The van der Waals surface area contributed by atoms with Crippen molar-refractivity contribution in [1.29, 1.82) is 0 Å². The summed E-state index contributed by atoms with van der Waals surface area (Å²) in [6, 6.07) is 6.73. The maximum atomic E-state index is 10.8. The molecule has 0 radical (unpaired) electrons. The molecule has 15 heavy (non-hydrogen) atoms. The van der Waals surface area contributed by atoms with Crippen LogP contribution in [-0.4, -0.2) is 25.8 Å². The summed E-state index contributed by atoms with van der Waals surface area (Å²) in [5.41, 5.74) is 0.567. The van der Waals surface area contributed by atoms with Crippen LogP contribution < -0.4 is 0 Å². The quantitative estimate of drug-likeness (QED) is 0.840.